The van der Waals surface area contributed by atoms with Crippen molar-refractivity contribution in [1.82, 2.24) is 15.3 Å². The molecule has 0 spiro atoms. The Bertz CT molecular complexity index is 702. The molecule has 3 heterocycles. The summed E-state index contributed by atoms with van der Waals surface area (Å²) in [4.78, 5) is 23.6. The van der Waals surface area contributed by atoms with Crippen LogP contribution in [0.1, 0.15) is 25.5 Å². The monoisotopic (exact) mass is 356 g/mol. The number of nitrogens with zero attached hydrogens (tertiary/aromatic N) is 3. The van der Waals surface area contributed by atoms with Crippen molar-refractivity contribution in [2.45, 2.75) is 43.0 Å². The Morgan fingerprint density at radius 1 is 1.24 bits per heavy atom. The van der Waals surface area contributed by atoms with Crippen LogP contribution < -0.4 is 10.2 Å². The molecule has 25 heavy (non-hydrogen) atoms. The minimum Gasteiger partial charge on any atom is -0.356 e. The Labute approximate surface area is 153 Å². The molecule has 1 amide bonds. The van der Waals surface area contributed by atoms with Gasteiger partial charge in [0.05, 0.1) is 10.3 Å². The average Bonchev–Trinajstić information content (AvgIpc) is 2.63. The molecule has 5 nitrogen and oxygen atoms in total. The lowest BCUT2D eigenvalue weighted by Gasteiger charge is -2.33. The number of amides is 1. The Hall–Kier alpha value is -2.08. The third kappa shape index (κ3) is 4.95. The molecular weight excluding hydrogens is 332 g/mol. The van der Waals surface area contributed by atoms with E-state index in [1.165, 1.54) is 11.8 Å². The maximum absolute atomic E-state index is 12.4. The van der Waals surface area contributed by atoms with Crippen LogP contribution in [-0.2, 0) is 4.79 Å². The second-order valence-electron chi connectivity index (χ2n) is 6.34. The second kappa shape index (κ2) is 8.34. The van der Waals surface area contributed by atoms with Crippen LogP contribution in [0.25, 0.3) is 0 Å². The highest BCUT2D eigenvalue weighted by Crippen LogP contribution is 2.22. The van der Waals surface area contributed by atoms with Crippen LogP contribution in [0.15, 0.2) is 47.6 Å². The predicted molar refractivity (Wildman–Crippen MR) is 102 cm³/mol. The summed E-state index contributed by atoms with van der Waals surface area (Å²) < 4.78 is 0. The molecule has 1 fully saturated rings. The fraction of sp³-hybridized carbons (Fsp3) is 0.421. The molecule has 6 heteroatoms. The molecule has 0 aliphatic carbocycles. The third-order valence-electron chi connectivity index (χ3n) is 4.34. The van der Waals surface area contributed by atoms with E-state index in [9.17, 15) is 4.79 Å². The van der Waals surface area contributed by atoms with Gasteiger partial charge >= 0.3 is 0 Å². The first-order valence-corrected chi connectivity index (χ1v) is 9.56. The Kier molecular flexibility index (Phi) is 5.91. The Morgan fingerprint density at radius 3 is 2.72 bits per heavy atom. The van der Waals surface area contributed by atoms with Crippen LogP contribution >= 0.6 is 11.8 Å². The van der Waals surface area contributed by atoms with Gasteiger partial charge in [-0.25, -0.2) is 9.97 Å². The van der Waals surface area contributed by atoms with Gasteiger partial charge < -0.3 is 10.2 Å². The largest absolute Gasteiger partial charge is 0.356 e. The maximum Gasteiger partial charge on any atom is 0.233 e. The quantitative estimate of drug-likeness (QED) is 0.835. The first-order chi connectivity index (χ1) is 12.1. The van der Waals surface area contributed by atoms with E-state index in [1.807, 2.05) is 44.2 Å². The summed E-state index contributed by atoms with van der Waals surface area (Å²) in [6, 6.07) is 12.1. The van der Waals surface area contributed by atoms with Crippen molar-refractivity contribution >= 4 is 23.5 Å². The molecule has 132 valence electrons. The SMILES string of the molecule is Cc1cccc(N2CCC(NC(=O)[C@H](C)Sc3ccccn3)CC2)n1. The summed E-state index contributed by atoms with van der Waals surface area (Å²) in [5.41, 5.74) is 1.04. The minimum atomic E-state index is -0.147. The van der Waals surface area contributed by atoms with Gasteiger partial charge in [0.15, 0.2) is 0 Å². The molecule has 0 radical (unpaired) electrons. The van der Waals surface area contributed by atoms with Gasteiger partial charge in [0.2, 0.25) is 5.91 Å². The average molecular weight is 356 g/mol. The van der Waals surface area contributed by atoms with Gasteiger partial charge in [0.1, 0.15) is 5.82 Å². The highest BCUT2D eigenvalue weighted by atomic mass is 32.2. The summed E-state index contributed by atoms with van der Waals surface area (Å²) in [7, 11) is 0. The number of piperidine rings is 1. The normalized spacial score (nSPS) is 16.5. The van der Waals surface area contributed by atoms with Crippen LogP contribution in [0.5, 0.6) is 0 Å². The van der Waals surface area contributed by atoms with Crippen LogP contribution in [0.2, 0.25) is 0 Å². The van der Waals surface area contributed by atoms with Crippen molar-refractivity contribution in [3.63, 3.8) is 0 Å². The molecule has 0 bridgehead atoms. The van der Waals surface area contributed by atoms with Crippen molar-refractivity contribution in [3.8, 4) is 0 Å². The molecule has 1 N–H and O–H groups in total. The molecule has 0 aromatic carbocycles. The van der Waals surface area contributed by atoms with Crippen LogP contribution in [0, 0.1) is 6.92 Å². The first kappa shape index (κ1) is 17.7. The van der Waals surface area contributed by atoms with E-state index in [1.54, 1.807) is 6.20 Å². The number of aryl methyl sites for hydroxylation is 1. The van der Waals surface area contributed by atoms with E-state index >= 15 is 0 Å². The number of carbonyl (C=O) groups is 1. The smallest absolute Gasteiger partial charge is 0.233 e. The van der Waals surface area contributed by atoms with Gasteiger partial charge in [-0.1, -0.05) is 23.9 Å². The standard InChI is InChI=1S/C19H24N4OS/c1-14-6-5-7-17(21-14)23-12-9-16(10-13-23)22-19(24)15(2)25-18-8-3-4-11-20-18/h3-8,11,15-16H,9-10,12-13H2,1-2H3,(H,22,24)/t15-/m0/s1. The number of carbonyl (C=O) groups excluding carboxylic acids is 1. The van der Waals surface area contributed by atoms with E-state index in [2.05, 4.69) is 26.3 Å². The summed E-state index contributed by atoms with van der Waals surface area (Å²) in [6.45, 7) is 5.78. The van der Waals surface area contributed by atoms with Gasteiger partial charge in [-0.2, -0.15) is 0 Å². The van der Waals surface area contributed by atoms with Crippen molar-refractivity contribution in [3.05, 3.63) is 48.3 Å². The molecule has 2 aromatic rings. The van der Waals surface area contributed by atoms with Crippen molar-refractivity contribution in [2.75, 3.05) is 18.0 Å². The van der Waals surface area contributed by atoms with E-state index in [0.717, 1.165) is 42.5 Å². The van der Waals surface area contributed by atoms with Gasteiger partial charge in [-0.05, 0) is 51.0 Å². The highest BCUT2D eigenvalue weighted by molar-refractivity contribution is 8.00. The third-order valence-corrected chi connectivity index (χ3v) is 5.39. The first-order valence-electron chi connectivity index (χ1n) is 8.68. The zero-order valence-electron chi connectivity index (χ0n) is 14.7. The molecule has 2 aromatic heterocycles. The number of nitrogens with one attached hydrogen (secondary N) is 1. The van der Waals surface area contributed by atoms with Crippen LogP contribution in [0.4, 0.5) is 5.82 Å². The van der Waals surface area contributed by atoms with Gasteiger partial charge in [-0.15, -0.1) is 0 Å². The van der Waals surface area contributed by atoms with Gasteiger partial charge in [0, 0.05) is 31.0 Å². The molecule has 3 rings (SSSR count). The lowest BCUT2D eigenvalue weighted by Crippen LogP contribution is -2.46. The summed E-state index contributed by atoms with van der Waals surface area (Å²) in [6.07, 6.45) is 3.65. The predicted octanol–water partition coefficient (Wildman–Crippen LogP) is 3.05. The van der Waals surface area contributed by atoms with Crippen LogP contribution in [-0.4, -0.2) is 40.3 Å². The lowest BCUT2D eigenvalue weighted by molar-refractivity contribution is -0.121. The van der Waals surface area contributed by atoms with Crippen molar-refractivity contribution in [1.29, 1.82) is 0 Å². The van der Waals surface area contributed by atoms with Gasteiger partial charge in [-0.3, -0.25) is 4.79 Å². The zero-order chi connectivity index (χ0) is 17.6. The molecule has 0 saturated carbocycles. The number of pyridine rings is 2. The van der Waals surface area contributed by atoms with Crippen molar-refractivity contribution < 1.29 is 4.79 Å². The summed E-state index contributed by atoms with van der Waals surface area (Å²) >= 11 is 1.50. The zero-order valence-corrected chi connectivity index (χ0v) is 15.5. The molecule has 1 aliphatic rings. The molecular formula is C19H24N4OS. The van der Waals surface area contributed by atoms with E-state index in [4.69, 9.17) is 0 Å². The number of rotatable bonds is 5. The number of hydrogen-bond donors (Lipinski definition) is 1. The Balaban J connectivity index is 1.47. The summed E-state index contributed by atoms with van der Waals surface area (Å²) in [5.74, 6) is 1.12. The number of thioether (sulfide) groups is 1. The fourth-order valence-corrected chi connectivity index (χ4v) is 3.74. The number of anilines is 1. The second-order valence-corrected chi connectivity index (χ2v) is 7.70. The number of hydrogen-bond acceptors (Lipinski definition) is 5. The van der Waals surface area contributed by atoms with Crippen LogP contribution in [0.3, 0.4) is 0 Å². The molecule has 1 saturated heterocycles. The number of aromatic nitrogens is 2. The summed E-state index contributed by atoms with van der Waals surface area (Å²) in [5, 5.41) is 3.92. The highest BCUT2D eigenvalue weighted by Gasteiger charge is 2.24. The van der Waals surface area contributed by atoms with E-state index < -0.39 is 0 Å². The molecule has 1 aliphatic heterocycles. The van der Waals surface area contributed by atoms with Gasteiger partial charge in [0.25, 0.3) is 0 Å². The van der Waals surface area contributed by atoms with Crippen molar-refractivity contribution in [2.24, 2.45) is 0 Å². The minimum absolute atomic E-state index is 0.0859. The molecule has 1 atom stereocenters. The van der Waals surface area contributed by atoms with E-state index in [0.29, 0.717) is 0 Å². The molecule has 0 unspecified atom stereocenters. The van der Waals surface area contributed by atoms with E-state index in [-0.39, 0.29) is 17.2 Å². The fourth-order valence-electron chi connectivity index (χ4n) is 2.93. The topological polar surface area (TPSA) is 58.1 Å². The lowest BCUT2D eigenvalue weighted by atomic mass is 10.0. The maximum atomic E-state index is 12.4. The Morgan fingerprint density at radius 2 is 2.04 bits per heavy atom.